The van der Waals surface area contributed by atoms with E-state index in [-0.39, 0.29) is 0 Å². The van der Waals surface area contributed by atoms with Crippen LogP contribution in [0.25, 0.3) is 0 Å². The van der Waals surface area contributed by atoms with E-state index in [4.69, 9.17) is 0 Å². The van der Waals surface area contributed by atoms with Gasteiger partial charge in [-0.05, 0) is 53.8 Å². The maximum absolute atomic E-state index is 2.53. The summed E-state index contributed by atoms with van der Waals surface area (Å²) in [6, 6.07) is 0. The Balaban J connectivity index is 2.80. The van der Waals surface area contributed by atoms with E-state index in [1.54, 1.807) is 0 Å². The van der Waals surface area contributed by atoms with Crippen molar-refractivity contribution in [2.45, 2.75) is 81.1 Å². The first-order chi connectivity index (χ1) is 7.41. The van der Waals surface area contributed by atoms with E-state index in [9.17, 15) is 0 Å². The maximum Gasteiger partial charge on any atom is -0.0316 e. The van der Waals surface area contributed by atoms with Crippen molar-refractivity contribution in [2.24, 2.45) is 28.1 Å². The van der Waals surface area contributed by atoms with Crippen LogP contribution in [0.3, 0.4) is 0 Å². The lowest BCUT2D eigenvalue weighted by Crippen LogP contribution is -2.38. The van der Waals surface area contributed by atoms with Gasteiger partial charge in [-0.2, -0.15) is 0 Å². The van der Waals surface area contributed by atoms with Crippen LogP contribution >= 0.6 is 0 Å². The van der Waals surface area contributed by atoms with Crippen molar-refractivity contribution in [3.05, 3.63) is 0 Å². The molecule has 17 heavy (non-hydrogen) atoms. The molecule has 1 fully saturated rings. The van der Waals surface area contributed by atoms with Gasteiger partial charge in [0.1, 0.15) is 0 Å². The van der Waals surface area contributed by atoms with E-state index in [0.29, 0.717) is 16.2 Å². The molecule has 1 aliphatic rings. The molecule has 3 unspecified atom stereocenters. The smallest absolute Gasteiger partial charge is 0.0316 e. The van der Waals surface area contributed by atoms with E-state index in [1.807, 2.05) is 0 Å². The van der Waals surface area contributed by atoms with Gasteiger partial charge < -0.3 is 0 Å². The van der Waals surface area contributed by atoms with Crippen LogP contribution in [0.2, 0.25) is 0 Å². The minimum Gasteiger partial charge on any atom is -0.0625 e. The van der Waals surface area contributed by atoms with Crippen molar-refractivity contribution in [3.63, 3.8) is 0 Å². The van der Waals surface area contributed by atoms with Gasteiger partial charge in [-0.15, -0.1) is 0 Å². The molecule has 0 amide bonds. The zero-order valence-electron chi connectivity index (χ0n) is 13.5. The second-order valence-electron chi connectivity index (χ2n) is 9.36. The molecule has 3 atom stereocenters. The molecule has 0 saturated heterocycles. The van der Waals surface area contributed by atoms with E-state index >= 15 is 0 Å². The first-order valence-electron chi connectivity index (χ1n) is 7.41. The number of rotatable bonds is 1. The fourth-order valence-electron chi connectivity index (χ4n) is 4.26. The summed E-state index contributed by atoms with van der Waals surface area (Å²) in [5, 5.41) is 0. The molecule has 1 rings (SSSR count). The Kier molecular flexibility index (Phi) is 4.07. The lowest BCUT2D eigenvalue weighted by Gasteiger charge is -2.48. The third-order valence-electron chi connectivity index (χ3n) is 4.45. The van der Waals surface area contributed by atoms with Gasteiger partial charge in [0.2, 0.25) is 0 Å². The number of hydrogen-bond acceptors (Lipinski definition) is 0. The number of hydrogen-bond donors (Lipinski definition) is 0. The van der Waals surface area contributed by atoms with Gasteiger partial charge in [0.25, 0.3) is 0 Å². The average molecular weight is 238 g/mol. The predicted octanol–water partition coefficient (Wildman–Crippen LogP) is 5.91. The minimum absolute atomic E-state index is 0.467. The summed E-state index contributed by atoms with van der Waals surface area (Å²) < 4.78 is 0. The summed E-state index contributed by atoms with van der Waals surface area (Å²) in [5.41, 5.74) is 1.51. The fourth-order valence-corrected chi connectivity index (χ4v) is 4.26. The van der Waals surface area contributed by atoms with Crippen LogP contribution in [0.15, 0.2) is 0 Å². The summed E-state index contributed by atoms with van der Waals surface area (Å²) in [4.78, 5) is 0. The van der Waals surface area contributed by atoms with Crippen LogP contribution < -0.4 is 0 Å². The molecule has 0 aromatic carbocycles. The molecule has 0 radical (unpaired) electrons. The topological polar surface area (TPSA) is 0 Å². The molecule has 0 spiro atoms. The Hall–Kier alpha value is 0. The lowest BCUT2D eigenvalue weighted by molar-refractivity contribution is 0.0247. The Morgan fingerprint density at radius 1 is 1.00 bits per heavy atom. The monoisotopic (exact) mass is 238 g/mol. The lowest BCUT2D eigenvalue weighted by atomic mass is 9.57. The highest BCUT2D eigenvalue weighted by molar-refractivity contribution is 4.92. The molecule has 0 N–H and O–H groups in total. The van der Waals surface area contributed by atoms with Gasteiger partial charge in [-0.25, -0.2) is 0 Å². The fraction of sp³-hybridized carbons (Fsp3) is 1.00. The first kappa shape index (κ1) is 15.1. The third kappa shape index (κ3) is 4.64. The van der Waals surface area contributed by atoms with Crippen molar-refractivity contribution in [1.29, 1.82) is 0 Å². The molecule has 0 heterocycles. The molecule has 0 aromatic rings. The van der Waals surface area contributed by atoms with Gasteiger partial charge in [0.05, 0.1) is 0 Å². The highest BCUT2D eigenvalue weighted by atomic mass is 14.5. The van der Waals surface area contributed by atoms with Gasteiger partial charge in [0.15, 0.2) is 0 Å². The van der Waals surface area contributed by atoms with Gasteiger partial charge in [-0.1, -0.05) is 55.4 Å². The molecule has 0 heteroatoms. The van der Waals surface area contributed by atoms with Gasteiger partial charge >= 0.3 is 0 Å². The summed E-state index contributed by atoms with van der Waals surface area (Å²) >= 11 is 0. The molecule has 1 saturated carbocycles. The zero-order chi connectivity index (χ0) is 13.5. The van der Waals surface area contributed by atoms with Crippen LogP contribution in [0.5, 0.6) is 0 Å². The van der Waals surface area contributed by atoms with Crippen LogP contribution in [0.1, 0.15) is 81.1 Å². The molecule has 0 bridgehead atoms. The average Bonchev–Trinajstić information content (AvgIpc) is 1.94. The SMILES string of the molecule is CC1CC(C(C)(C)C)CC(C)(CC(C)(C)C)C1. The van der Waals surface area contributed by atoms with Gasteiger partial charge in [0, 0.05) is 0 Å². The molecule has 0 nitrogen and oxygen atoms in total. The molecule has 0 aliphatic heterocycles. The highest BCUT2D eigenvalue weighted by Gasteiger charge is 2.41. The standard InChI is InChI=1S/C17H34/c1-13-9-14(16(5,6)7)11-17(8,10-13)12-15(2,3)4/h13-14H,9-12H2,1-8H3. The molecule has 102 valence electrons. The van der Waals surface area contributed by atoms with Gasteiger partial charge in [-0.3, -0.25) is 0 Å². The largest absolute Gasteiger partial charge is 0.0625 e. The third-order valence-corrected chi connectivity index (χ3v) is 4.45. The molecule has 0 aromatic heterocycles. The summed E-state index contributed by atoms with van der Waals surface area (Å²) in [5.74, 6) is 1.80. The van der Waals surface area contributed by atoms with Crippen LogP contribution in [0.4, 0.5) is 0 Å². The zero-order valence-corrected chi connectivity index (χ0v) is 13.5. The minimum atomic E-state index is 0.467. The Bertz CT molecular complexity index is 250. The molecule has 1 aliphatic carbocycles. The van der Waals surface area contributed by atoms with E-state index in [1.165, 1.54) is 25.7 Å². The second kappa shape index (κ2) is 4.59. The van der Waals surface area contributed by atoms with Crippen molar-refractivity contribution in [1.82, 2.24) is 0 Å². The predicted molar refractivity (Wildman–Crippen MR) is 78.1 cm³/mol. The molecular formula is C17H34. The van der Waals surface area contributed by atoms with Crippen molar-refractivity contribution < 1.29 is 0 Å². The Labute approximate surface area is 110 Å². The Morgan fingerprint density at radius 3 is 1.94 bits per heavy atom. The summed E-state index contributed by atoms with van der Waals surface area (Å²) in [7, 11) is 0. The van der Waals surface area contributed by atoms with Crippen molar-refractivity contribution in [3.8, 4) is 0 Å². The van der Waals surface area contributed by atoms with E-state index in [0.717, 1.165) is 11.8 Å². The molecular weight excluding hydrogens is 204 g/mol. The van der Waals surface area contributed by atoms with E-state index in [2.05, 4.69) is 55.4 Å². The van der Waals surface area contributed by atoms with Crippen LogP contribution in [-0.2, 0) is 0 Å². The van der Waals surface area contributed by atoms with Crippen LogP contribution in [0, 0.1) is 28.1 Å². The first-order valence-corrected chi connectivity index (χ1v) is 7.41. The Morgan fingerprint density at radius 2 is 1.53 bits per heavy atom. The van der Waals surface area contributed by atoms with Crippen molar-refractivity contribution in [2.75, 3.05) is 0 Å². The van der Waals surface area contributed by atoms with Crippen molar-refractivity contribution >= 4 is 0 Å². The van der Waals surface area contributed by atoms with Crippen LogP contribution in [-0.4, -0.2) is 0 Å². The maximum atomic E-state index is 2.53. The summed E-state index contributed by atoms with van der Waals surface area (Å²) in [6.45, 7) is 19.4. The normalized spacial score (nSPS) is 36.0. The quantitative estimate of drug-likeness (QED) is 0.532. The second-order valence-corrected chi connectivity index (χ2v) is 9.36. The van der Waals surface area contributed by atoms with E-state index < -0.39 is 0 Å². The summed E-state index contributed by atoms with van der Waals surface area (Å²) in [6.07, 6.45) is 5.66. The highest BCUT2D eigenvalue weighted by Crippen LogP contribution is 2.52.